The van der Waals surface area contributed by atoms with Crippen LogP contribution in [0.25, 0.3) is 0 Å². The van der Waals surface area contributed by atoms with Crippen LogP contribution < -0.4 is 10.2 Å². The molecule has 1 atom stereocenters. The van der Waals surface area contributed by atoms with E-state index < -0.39 is 0 Å². The average Bonchev–Trinajstić information content (AvgIpc) is 2.77. The van der Waals surface area contributed by atoms with Gasteiger partial charge in [-0.15, -0.1) is 10.2 Å². The molecule has 1 aliphatic rings. The van der Waals surface area contributed by atoms with Gasteiger partial charge in [0.1, 0.15) is 11.0 Å². The topological polar surface area (TPSA) is 58.1 Å². The number of nitrogens with zero attached hydrogens (tertiary/aromatic N) is 3. The van der Waals surface area contributed by atoms with Gasteiger partial charge in [0.15, 0.2) is 0 Å². The van der Waals surface area contributed by atoms with Crippen LogP contribution in [0.4, 0.5) is 5.13 Å². The van der Waals surface area contributed by atoms with Crippen molar-refractivity contribution in [3.05, 3.63) is 5.01 Å². The molecular formula is C10H16N4OS. The molecule has 0 radical (unpaired) electrons. The fourth-order valence-electron chi connectivity index (χ4n) is 1.85. The predicted octanol–water partition coefficient (Wildman–Crippen LogP) is 0.815. The van der Waals surface area contributed by atoms with Crippen LogP contribution in [0.3, 0.4) is 0 Å². The van der Waals surface area contributed by atoms with Gasteiger partial charge in [0.2, 0.25) is 11.0 Å². The number of hydrogen-bond donors (Lipinski definition) is 1. The normalized spacial score (nSPS) is 21.0. The first-order valence-electron chi connectivity index (χ1n) is 5.63. The lowest BCUT2D eigenvalue weighted by Gasteiger charge is -2.33. The first-order chi connectivity index (χ1) is 7.76. The highest BCUT2D eigenvalue weighted by molar-refractivity contribution is 7.15. The van der Waals surface area contributed by atoms with Crippen molar-refractivity contribution in [2.24, 2.45) is 0 Å². The Bertz CT molecular complexity index is 379. The lowest BCUT2D eigenvalue weighted by Crippen LogP contribution is -2.55. The molecule has 1 amide bonds. The van der Waals surface area contributed by atoms with Crippen molar-refractivity contribution >= 4 is 22.4 Å². The summed E-state index contributed by atoms with van der Waals surface area (Å²) in [7, 11) is 0. The van der Waals surface area contributed by atoms with Crippen molar-refractivity contribution in [2.75, 3.05) is 18.0 Å². The van der Waals surface area contributed by atoms with Crippen LogP contribution in [0, 0.1) is 0 Å². The van der Waals surface area contributed by atoms with E-state index in [4.69, 9.17) is 0 Å². The largest absolute Gasteiger partial charge is 0.353 e. The second kappa shape index (κ2) is 4.78. The molecule has 0 spiro atoms. The summed E-state index contributed by atoms with van der Waals surface area (Å²) in [6.07, 6.45) is 1.70. The van der Waals surface area contributed by atoms with E-state index in [2.05, 4.69) is 27.3 Å². The Hall–Kier alpha value is -1.17. The van der Waals surface area contributed by atoms with Gasteiger partial charge in [-0.1, -0.05) is 25.2 Å². The molecule has 1 fully saturated rings. The summed E-state index contributed by atoms with van der Waals surface area (Å²) < 4.78 is 0. The van der Waals surface area contributed by atoms with E-state index in [1.54, 1.807) is 11.3 Å². The maximum Gasteiger partial charge on any atom is 0.242 e. The number of nitrogens with one attached hydrogen (secondary N) is 1. The standard InChI is InChI=1S/C10H16N4OS/c1-3-7-9(15)11-5-6-14(7)10-13-12-8(4-2)16-10/h7H,3-6H2,1-2H3,(H,11,15). The molecule has 0 aromatic carbocycles. The molecular weight excluding hydrogens is 224 g/mol. The van der Waals surface area contributed by atoms with Crippen LogP contribution in [0.5, 0.6) is 0 Å². The minimum atomic E-state index is -0.0913. The quantitative estimate of drug-likeness (QED) is 0.849. The Morgan fingerprint density at radius 2 is 2.31 bits per heavy atom. The fraction of sp³-hybridized carbons (Fsp3) is 0.700. The monoisotopic (exact) mass is 240 g/mol. The van der Waals surface area contributed by atoms with Gasteiger partial charge in [0, 0.05) is 13.1 Å². The Kier molecular flexibility index (Phi) is 3.38. The molecule has 6 heteroatoms. The number of hydrogen-bond acceptors (Lipinski definition) is 5. The number of amides is 1. The molecule has 5 nitrogen and oxygen atoms in total. The Balaban J connectivity index is 2.20. The van der Waals surface area contributed by atoms with Crippen molar-refractivity contribution in [3.63, 3.8) is 0 Å². The van der Waals surface area contributed by atoms with Crippen molar-refractivity contribution < 1.29 is 4.79 Å². The first-order valence-corrected chi connectivity index (χ1v) is 6.44. The van der Waals surface area contributed by atoms with Gasteiger partial charge in [0.25, 0.3) is 0 Å². The van der Waals surface area contributed by atoms with Crippen LogP contribution >= 0.6 is 11.3 Å². The first kappa shape index (κ1) is 11.3. The lowest BCUT2D eigenvalue weighted by molar-refractivity contribution is -0.123. The molecule has 1 aromatic heterocycles. The molecule has 1 aliphatic heterocycles. The van der Waals surface area contributed by atoms with Crippen LogP contribution in [0.2, 0.25) is 0 Å². The van der Waals surface area contributed by atoms with Crippen molar-refractivity contribution in [2.45, 2.75) is 32.7 Å². The summed E-state index contributed by atoms with van der Waals surface area (Å²) in [4.78, 5) is 13.8. The van der Waals surface area contributed by atoms with Crippen LogP contribution in [-0.2, 0) is 11.2 Å². The van der Waals surface area contributed by atoms with Crippen molar-refractivity contribution in [1.29, 1.82) is 0 Å². The highest BCUT2D eigenvalue weighted by Gasteiger charge is 2.30. The lowest BCUT2D eigenvalue weighted by atomic mass is 10.1. The molecule has 1 aromatic rings. The number of piperazine rings is 1. The zero-order valence-electron chi connectivity index (χ0n) is 9.56. The van der Waals surface area contributed by atoms with Crippen LogP contribution in [0.15, 0.2) is 0 Å². The van der Waals surface area contributed by atoms with Gasteiger partial charge < -0.3 is 10.2 Å². The zero-order valence-corrected chi connectivity index (χ0v) is 10.4. The minimum Gasteiger partial charge on any atom is -0.353 e. The van der Waals surface area contributed by atoms with E-state index in [9.17, 15) is 4.79 Å². The summed E-state index contributed by atoms with van der Waals surface area (Å²) >= 11 is 1.58. The number of rotatable bonds is 3. The predicted molar refractivity (Wildman–Crippen MR) is 63.7 cm³/mol. The molecule has 16 heavy (non-hydrogen) atoms. The fourth-order valence-corrected chi connectivity index (χ4v) is 2.71. The van der Waals surface area contributed by atoms with Gasteiger partial charge in [-0.05, 0) is 12.8 Å². The van der Waals surface area contributed by atoms with Gasteiger partial charge >= 0.3 is 0 Å². The third-order valence-electron chi connectivity index (χ3n) is 2.72. The number of carbonyl (C=O) groups is 1. The highest BCUT2D eigenvalue weighted by Crippen LogP contribution is 2.24. The Morgan fingerprint density at radius 3 is 2.94 bits per heavy atom. The SMILES string of the molecule is CCc1nnc(N2CCNC(=O)C2CC)s1. The van der Waals surface area contributed by atoms with Crippen molar-refractivity contribution in [3.8, 4) is 0 Å². The van der Waals surface area contributed by atoms with E-state index >= 15 is 0 Å². The zero-order chi connectivity index (χ0) is 11.5. The van der Waals surface area contributed by atoms with E-state index in [0.717, 1.165) is 29.5 Å². The summed E-state index contributed by atoms with van der Waals surface area (Å²) in [6, 6.07) is -0.0913. The van der Waals surface area contributed by atoms with E-state index in [-0.39, 0.29) is 11.9 Å². The second-order valence-electron chi connectivity index (χ2n) is 3.74. The smallest absolute Gasteiger partial charge is 0.242 e. The molecule has 2 heterocycles. The number of anilines is 1. The summed E-state index contributed by atoms with van der Waals surface area (Å²) in [5, 5.41) is 13.0. The summed E-state index contributed by atoms with van der Waals surface area (Å²) in [5.41, 5.74) is 0. The molecule has 0 bridgehead atoms. The van der Waals surface area contributed by atoms with E-state index in [0.29, 0.717) is 6.54 Å². The number of carbonyl (C=O) groups excluding carboxylic acids is 1. The Labute approximate surface area is 98.9 Å². The number of aromatic nitrogens is 2. The molecule has 0 saturated carbocycles. The van der Waals surface area contributed by atoms with Gasteiger partial charge in [0.05, 0.1) is 0 Å². The van der Waals surface area contributed by atoms with Gasteiger partial charge in [-0.2, -0.15) is 0 Å². The third-order valence-corrected chi connectivity index (χ3v) is 3.83. The summed E-state index contributed by atoms with van der Waals surface area (Å²) in [5.74, 6) is 0.0991. The molecule has 1 unspecified atom stereocenters. The van der Waals surface area contributed by atoms with E-state index in [1.165, 1.54) is 0 Å². The molecule has 88 valence electrons. The molecule has 0 aliphatic carbocycles. The summed E-state index contributed by atoms with van der Waals surface area (Å²) in [6.45, 7) is 5.59. The maximum absolute atomic E-state index is 11.7. The van der Waals surface area contributed by atoms with Gasteiger partial charge in [-0.3, -0.25) is 4.79 Å². The number of aryl methyl sites for hydroxylation is 1. The molecule has 1 saturated heterocycles. The highest BCUT2D eigenvalue weighted by atomic mass is 32.1. The third kappa shape index (κ3) is 2.02. The van der Waals surface area contributed by atoms with Crippen LogP contribution in [0.1, 0.15) is 25.3 Å². The second-order valence-corrected chi connectivity index (χ2v) is 4.78. The molecule has 2 rings (SSSR count). The minimum absolute atomic E-state index is 0.0913. The van der Waals surface area contributed by atoms with Gasteiger partial charge in [-0.25, -0.2) is 0 Å². The Morgan fingerprint density at radius 1 is 1.50 bits per heavy atom. The average molecular weight is 240 g/mol. The maximum atomic E-state index is 11.7. The van der Waals surface area contributed by atoms with Crippen LogP contribution in [-0.4, -0.2) is 35.2 Å². The van der Waals surface area contributed by atoms with E-state index in [1.807, 2.05) is 6.92 Å². The molecule has 1 N–H and O–H groups in total. The van der Waals surface area contributed by atoms with Crippen molar-refractivity contribution in [1.82, 2.24) is 15.5 Å².